The first-order chi connectivity index (χ1) is 14.6. The van der Waals surface area contributed by atoms with E-state index in [1.54, 1.807) is 0 Å². The molecule has 10 nitrogen and oxygen atoms in total. The van der Waals surface area contributed by atoms with Gasteiger partial charge in [-0.2, -0.15) is 0 Å². The molecule has 4 rings (SSSR count). The lowest BCUT2D eigenvalue weighted by atomic mass is 10.1. The van der Waals surface area contributed by atoms with E-state index in [1.807, 2.05) is 0 Å². The van der Waals surface area contributed by atoms with Crippen molar-refractivity contribution in [2.45, 2.75) is 36.2 Å². The quantitative estimate of drug-likeness (QED) is 0.640. The van der Waals surface area contributed by atoms with Gasteiger partial charge >= 0.3 is 23.9 Å². The van der Waals surface area contributed by atoms with Gasteiger partial charge in [0, 0.05) is 25.0 Å². The molecule has 0 amide bonds. The summed E-state index contributed by atoms with van der Waals surface area (Å²) in [5, 5.41) is 0. The average Bonchev–Trinajstić information content (AvgIpc) is 3.17. The molecular weight excluding hydrogens is 432 g/mol. The number of benzene rings is 2. The lowest BCUT2D eigenvalue weighted by Gasteiger charge is -2.12. The number of fused-ring (bicyclic) bond motifs is 2. The lowest BCUT2D eigenvalue weighted by molar-refractivity contribution is -0.166. The second kappa shape index (κ2) is 7.20. The molecule has 2 atom stereocenters. The van der Waals surface area contributed by atoms with Crippen LogP contribution in [0.25, 0.3) is 0 Å². The zero-order valence-corrected chi connectivity index (χ0v) is 16.9. The first-order valence-electron chi connectivity index (χ1n) is 8.87. The molecule has 0 radical (unpaired) electrons. The second-order valence-electron chi connectivity index (χ2n) is 6.69. The Morgan fingerprint density at radius 3 is 1.90 bits per heavy atom. The van der Waals surface area contributed by atoms with Gasteiger partial charge in [0.15, 0.2) is 0 Å². The summed E-state index contributed by atoms with van der Waals surface area (Å²) < 4.78 is 46.0. The smallest absolute Gasteiger partial charge is 0.342 e. The zero-order chi connectivity index (χ0) is 22.5. The molecule has 2 aromatic rings. The lowest BCUT2D eigenvalue weighted by Crippen LogP contribution is -2.09. The van der Waals surface area contributed by atoms with Gasteiger partial charge in [-0.1, -0.05) is 0 Å². The maximum absolute atomic E-state index is 13.1. The molecule has 11 heteroatoms. The predicted octanol–water partition coefficient (Wildman–Crippen LogP) is 1.98. The third-order valence-electron chi connectivity index (χ3n) is 4.59. The topological polar surface area (TPSA) is 139 Å². The fraction of sp³-hybridized carbons (Fsp3) is 0.200. The molecular formula is C20H14O10S. The van der Waals surface area contributed by atoms with E-state index in [2.05, 4.69) is 0 Å². The monoisotopic (exact) mass is 446 g/mol. The van der Waals surface area contributed by atoms with Crippen LogP contribution >= 0.6 is 0 Å². The maximum atomic E-state index is 13.1. The van der Waals surface area contributed by atoms with Gasteiger partial charge in [0.1, 0.15) is 0 Å². The average molecular weight is 446 g/mol. The van der Waals surface area contributed by atoms with Crippen LogP contribution in [0.15, 0.2) is 46.2 Å². The summed E-state index contributed by atoms with van der Waals surface area (Å²) in [7, 11) is -4.14. The number of carbonyl (C=O) groups excluding carboxylic acids is 4. The Kier molecular flexibility index (Phi) is 4.77. The molecule has 0 N–H and O–H groups in total. The van der Waals surface area contributed by atoms with Gasteiger partial charge in [-0.25, -0.2) is 18.0 Å². The molecule has 0 fully saturated rings. The Hall–Kier alpha value is -3.73. The number of sulfone groups is 1. The van der Waals surface area contributed by atoms with Crippen molar-refractivity contribution in [1.29, 1.82) is 0 Å². The summed E-state index contributed by atoms with van der Waals surface area (Å²) in [6.07, 6.45) is -2.60. The van der Waals surface area contributed by atoms with Gasteiger partial charge in [-0.15, -0.1) is 0 Å². The van der Waals surface area contributed by atoms with Crippen molar-refractivity contribution < 1.29 is 46.5 Å². The summed E-state index contributed by atoms with van der Waals surface area (Å²) in [5.74, 6) is -2.96. The summed E-state index contributed by atoms with van der Waals surface area (Å²) in [6.45, 7) is 2.27. The summed E-state index contributed by atoms with van der Waals surface area (Å²) in [4.78, 5) is 46.0. The van der Waals surface area contributed by atoms with Crippen LogP contribution in [-0.4, -0.2) is 32.3 Å². The summed E-state index contributed by atoms with van der Waals surface area (Å²) >= 11 is 0. The van der Waals surface area contributed by atoms with Gasteiger partial charge in [0.25, 0.3) is 12.6 Å². The SMILES string of the molecule is CC(=O)OC1OC(=O)c2cc(S(=O)(=O)c3ccc4c(c3)C(OC(C)=O)OC4=O)ccc21. The van der Waals surface area contributed by atoms with Gasteiger partial charge in [-0.05, 0) is 36.4 Å². The van der Waals surface area contributed by atoms with Crippen molar-refractivity contribution in [2.24, 2.45) is 0 Å². The number of hydrogen-bond acceptors (Lipinski definition) is 10. The molecule has 2 heterocycles. The first-order valence-corrected chi connectivity index (χ1v) is 10.4. The van der Waals surface area contributed by atoms with E-state index in [4.69, 9.17) is 18.9 Å². The molecule has 2 aliphatic heterocycles. The molecule has 0 spiro atoms. The molecule has 2 aliphatic rings. The second-order valence-corrected chi connectivity index (χ2v) is 8.64. The van der Waals surface area contributed by atoms with Crippen LogP contribution < -0.4 is 0 Å². The highest BCUT2D eigenvalue weighted by atomic mass is 32.2. The third-order valence-corrected chi connectivity index (χ3v) is 6.34. The number of esters is 4. The highest BCUT2D eigenvalue weighted by Gasteiger charge is 2.37. The minimum absolute atomic E-state index is 0.0511. The van der Waals surface area contributed by atoms with Gasteiger partial charge in [0.05, 0.1) is 20.9 Å². The summed E-state index contributed by atoms with van der Waals surface area (Å²) in [6, 6.07) is 7.32. The van der Waals surface area contributed by atoms with Crippen LogP contribution in [0, 0.1) is 0 Å². The Balaban J connectivity index is 1.73. The van der Waals surface area contributed by atoms with Crippen LogP contribution in [0.5, 0.6) is 0 Å². The van der Waals surface area contributed by atoms with Crippen LogP contribution in [0.4, 0.5) is 0 Å². The Morgan fingerprint density at radius 1 is 0.774 bits per heavy atom. The van der Waals surface area contributed by atoms with Crippen LogP contribution in [0.1, 0.15) is 58.3 Å². The Labute approximate surface area is 175 Å². The zero-order valence-electron chi connectivity index (χ0n) is 16.1. The minimum Gasteiger partial charge on any atom is -0.421 e. The third kappa shape index (κ3) is 3.52. The molecule has 2 unspecified atom stereocenters. The standard InChI is InChI=1S/C20H14O10S/c1-9(21)27-19-14-6-4-11(7-15(14)18(24)30-19)31(25,26)12-3-5-13-16(8-12)20(28-10(2)22)29-17(13)23/h3-8,19-20H,1-2H3. The number of cyclic esters (lactones) is 2. The highest BCUT2D eigenvalue weighted by molar-refractivity contribution is 7.91. The normalized spacial score (nSPS) is 19.2. The predicted molar refractivity (Wildman–Crippen MR) is 98.2 cm³/mol. The van der Waals surface area contributed by atoms with Crippen molar-refractivity contribution in [1.82, 2.24) is 0 Å². The largest absolute Gasteiger partial charge is 0.421 e. The van der Waals surface area contributed by atoms with Gasteiger partial charge < -0.3 is 18.9 Å². The van der Waals surface area contributed by atoms with Crippen molar-refractivity contribution in [3.8, 4) is 0 Å². The number of ether oxygens (including phenoxy) is 4. The van der Waals surface area contributed by atoms with Crippen LogP contribution in [0.3, 0.4) is 0 Å². The van der Waals surface area contributed by atoms with Crippen molar-refractivity contribution in [3.05, 3.63) is 58.7 Å². The van der Waals surface area contributed by atoms with E-state index in [0.717, 1.165) is 19.9 Å². The highest BCUT2D eigenvalue weighted by Crippen LogP contribution is 2.37. The molecule has 160 valence electrons. The van der Waals surface area contributed by atoms with Gasteiger partial charge in [0.2, 0.25) is 9.84 Å². The molecule has 31 heavy (non-hydrogen) atoms. The maximum Gasteiger partial charge on any atom is 0.342 e. The molecule has 2 aromatic carbocycles. The number of hydrogen-bond donors (Lipinski definition) is 0. The van der Waals surface area contributed by atoms with Crippen molar-refractivity contribution in [2.75, 3.05) is 0 Å². The Bertz CT molecular complexity index is 1260. The van der Waals surface area contributed by atoms with E-state index in [1.165, 1.54) is 30.3 Å². The van der Waals surface area contributed by atoms with E-state index in [0.29, 0.717) is 0 Å². The summed E-state index contributed by atoms with van der Waals surface area (Å²) in [5.41, 5.74) is 0.343. The minimum atomic E-state index is -4.14. The molecule has 0 saturated carbocycles. The molecule has 0 aliphatic carbocycles. The molecule has 0 aromatic heterocycles. The van der Waals surface area contributed by atoms with Crippen molar-refractivity contribution >= 4 is 33.7 Å². The van der Waals surface area contributed by atoms with Crippen LogP contribution in [-0.2, 0) is 38.4 Å². The van der Waals surface area contributed by atoms with Crippen molar-refractivity contribution in [3.63, 3.8) is 0 Å². The Morgan fingerprint density at radius 2 is 1.29 bits per heavy atom. The van der Waals surface area contributed by atoms with E-state index >= 15 is 0 Å². The fourth-order valence-electron chi connectivity index (χ4n) is 3.23. The van der Waals surface area contributed by atoms with Gasteiger partial charge in [-0.3, -0.25) is 9.59 Å². The van der Waals surface area contributed by atoms with Crippen LogP contribution in [0.2, 0.25) is 0 Å². The first kappa shape index (κ1) is 20.5. The van der Waals surface area contributed by atoms with E-state index in [9.17, 15) is 27.6 Å². The van der Waals surface area contributed by atoms with E-state index in [-0.39, 0.29) is 32.0 Å². The van der Waals surface area contributed by atoms with E-state index < -0.39 is 46.3 Å². The molecule has 0 bridgehead atoms. The molecule has 0 saturated heterocycles. The number of rotatable bonds is 4. The fourth-order valence-corrected chi connectivity index (χ4v) is 4.56. The number of carbonyl (C=O) groups is 4.